The first-order valence-corrected chi connectivity index (χ1v) is 11.1. The lowest BCUT2D eigenvalue weighted by Gasteiger charge is -2.35. The van der Waals surface area contributed by atoms with Gasteiger partial charge >= 0.3 is 0 Å². The van der Waals surface area contributed by atoms with Gasteiger partial charge in [0.05, 0.1) is 17.1 Å². The molecule has 0 radical (unpaired) electrons. The van der Waals surface area contributed by atoms with E-state index >= 15 is 0 Å². The summed E-state index contributed by atoms with van der Waals surface area (Å²) in [5.41, 5.74) is 1.74. The molecule has 1 aliphatic heterocycles. The molecule has 2 heterocycles. The number of morpholine rings is 1. The SMILES string of the molecule is Cc1ccccc1-c1nc(S(=O)(=O)c2ccccc2)c(N2CC(C)OC(C)C2)o1. The molecule has 0 spiro atoms. The largest absolute Gasteiger partial charge is 0.419 e. The highest BCUT2D eigenvalue weighted by atomic mass is 32.2. The van der Waals surface area contributed by atoms with Crippen molar-refractivity contribution in [3.05, 3.63) is 60.2 Å². The molecule has 6 nitrogen and oxygen atoms in total. The van der Waals surface area contributed by atoms with Gasteiger partial charge in [-0.15, -0.1) is 0 Å². The summed E-state index contributed by atoms with van der Waals surface area (Å²) < 4.78 is 38.7. The van der Waals surface area contributed by atoms with Crippen LogP contribution < -0.4 is 4.90 Å². The molecule has 3 aromatic rings. The highest BCUT2D eigenvalue weighted by Gasteiger charge is 2.34. The summed E-state index contributed by atoms with van der Waals surface area (Å²) in [4.78, 5) is 6.59. The van der Waals surface area contributed by atoms with E-state index in [9.17, 15) is 8.42 Å². The zero-order valence-electron chi connectivity index (χ0n) is 16.7. The molecule has 7 heteroatoms. The summed E-state index contributed by atoms with van der Waals surface area (Å²) in [5, 5.41) is -0.0525. The molecule has 1 fully saturated rings. The van der Waals surface area contributed by atoms with Crippen molar-refractivity contribution in [1.82, 2.24) is 4.98 Å². The second-order valence-corrected chi connectivity index (χ2v) is 9.29. The smallest absolute Gasteiger partial charge is 0.236 e. The minimum atomic E-state index is -3.84. The topological polar surface area (TPSA) is 72.6 Å². The van der Waals surface area contributed by atoms with Crippen LogP contribution in [0.15, 0.2) is 68.9 Å². The number of rotatable bonds is 4. The Morgan fingerprint density at radius 2 is 1.59 bits per heavy atom. The van der Waals surface area contributed by atoms with Crippen LogP contribution in [0, 0.1) is 6.92 Å². The van der Waals surface area contributed by atoms with Crippen LogP contribution in [0.1, 0.15) is 19.4 Å². The quantitative estimate of drug-likeness (QED) is 0.642. The predicted octanol–water partition coefficient (Wildman–Crippen LogP) is 4.10. The number of hydrogen-bond donors (Lipinski definition) is 0. The Balaban J connectivity index is 1.88. The number of sulfone groups is 1. The molecule has 1 aliphatic rings. The zero-order chi connectivity index (χ0) is 20.6. The van der Waals surface area contributed by atoms with Crippen molar-refractivity contribution < 1.29 is 17.6 Å². The number of aromatic nitrogens is 1. The van der Waals surface area contributed by atoms with E-state index in [0.29, 0.717) is 19.0 Å². The summed E-state index contributed by atoms with van der Waals surface area (Å²) >= 11 is 0. The van der Waals surface area contributed by atoms with Crippen molar-refractivity contribution in [1.29, 1.82) is 0 Å². The fraction of sp³-hybridized carbons (Fsp3) is 0.318. The molecule has 0 N–H and O–H groups in total. The molecule has 152 valence electrons. The number of benzene rings is 2. The van der Waals surface area contributed by atoms with Crippen LogP contribution in [-0.4, -0.2) is 38.7 Å². The third-order valence-electron chi connectivity index (χ3n) is 4.97. The van der Waals surface area contributed by atoms with E-state index in [4.69, 9.17) is 9.15 Å². The molecule has 1 aromatic heterocycles. The molecule has 2 aromatic carbocycles. The number of ether oxygens (including phenoxy) is 1. The first kappa shape index (κ1) is 19.7. The van der Waals surface area contributed by atoms with Gasteiger partial charge in [0.25, 0.3) is 0 Å². The van der Waals surface area contributed by atoms with Gasteiger partial charge in [-0.1, -0.05) is 36.4 Å². The molecule has 0 bridgehead atoms. The summed E-state index contributed by atoms with van der Waals surface area (Å²) in [5.74, 6) is 0.577. The maximum Gasteiger partial charge on any atom is 0.236 e. The van der Waals surface area contributed by atoms with Crippen molar-refractivity contribution in [3.8, 4) is 11.5 Å². The highest BCUT2D eigenvalue weighted by Crippen LogP contribution is 2.36. The molecule has 2 atom stereocenters. The van der Waals surface area contributed by atoms with Crippen LogP contribution in [0.4, 0.5) is 5.88 Å². The predicted molar refractivity (Wildman–Crippen MR) is 111 cm³/mol. The summed E-state index contributed by atoms with van der Waals surface area (Å²) in [7, 11) is -3.84. The Hall–Kier alpha value is -2.64. The first-order valence-electron chi connectivity index (χ1n) is 9.63. The first-order chi connectivity index (χ1) is 13.9. The molecule has 2 unspecified atom stereocenters. The molecular weight excluding hydrogens is 388 g/mol. The average Bonchev–Trinajstić information content (AvgIpc) is 3.14. The van der Waals surface area contributed by atoms with Crippen LogP contribution >= 0.6 is 0 Å². The number of anilines is 1. The van der Waals surface area contributed by atoms with E-state index in [1.54, 1.807) is 30.3 Å². The molecular formula is C22H24N2O4S. The number of oxazole rings is 1. The van der Waals surface area contributed by atoms with Gasteiger partial charge in [-0.2, -0.15) is 4.98 Å². The van der Waals surface area contributed by atoms with Gasteiger partial charge in [0.1, 0.15) is 0 Å². The molecule has 0 saturated carbocycles. The van der Waals surface area contributed by atoms with Crippen LogP contribution in [0.3, 0.4) is 0 Å². The summed E-state index contributed by atoms with van der Waals surface area (Å²) in [6.07, 6.45) is -0.0870. The Morgan fingerprint density at radius 3 is 2.24 bits per heavy atom. The van der Waals surface area contributed by atoms with Crippen molar-refractivity contribution >= 4 is 15.7 Å². The maximum atomic E-state index is 13.4. The van der Waals surface area contributed by atoms with E-state index in [1.807, 2.05) is 49.9 Å². The molecule has 0 amide bonds. The van der Waals surface area contributed by atoms with E-state index < -0.39 is 9.84 Å². The lowest BCUT2D eigenvalue weighted by atomic mass is 10.1. The summed E-state index contributed by atoms with van der Waals surface area (Å²) in [6.45, 7) is 6.94. The van der Waals surface area contributed by atoms with Crippen LogP contribution in [0.5, 0.6) is 0 Å². The minimum Gasteiger partial charge on any atom is -0.419 e. The summed E-state index contributed by atoms with van der Waals surface area (Å²) in [6, 6.07) is 16.0. The highest BCUT2D eigenvalue weighted by molar-refractivity contribution is 7.91. The lowest BCUT2D eigenvalue weighted by molar-refractivity contribution is -0.00657. The van der Waals surface area contributed by atoms with Crippen molar-refractivity contribution in [2.75, 3.05) is 18.0 Å². The maximum absolute atomic E-state index is 13.4. The van der Waals surface area contributed by atoms with Gasteiger partial charge < -0.3 is 14.1 Å². The molecule has 1 saturated heterocycles. The van der Waals surface area contributed by atoms with E-state index in [2.05, 4.69) is 4.98 Å². The Labute approximate surface area is 171 Å². The van der Waals surface area contributed by atoms with Gasteiger partial charge in [-0.25, -0.2) is 8.42 Å². The van der Waals surface area contributed by atoms with Gasteiger partial charge in [0, 0.05) is 18.7 Å². The fourth-order valence-corrected chi connectivity index (χ4v) is 5.00. The Morgan fingerprint density at radius 1 is 0.966 bits per heavy atom. The second kappa shape index (κ2) is 7.65. The van der Waals surface area contributed by atoms with Crippen molar-refractivity contribution in [3.63, 3.8) is 0 Å². The van der Waals surface area contributed by atoms with Gasteiger partial charge in [-0.3, -0.25) is 0 Å². The normalized spacial score (nSPS) is 20.0. The second-order valence-electron chi connectivity index (χ2n) is 7.42. The number of hydrogen-bond acceptors (Lipinski definition) is 6. The fourth-order valence-electron chi connectivity index (χ4n) is 3.66. The standard InChI is InChI=1S/C22H24N2O4S/c1-15-9-7-8-12-19(15)20-23-21(29(25,26)18-10-5-4-6-11-18)22(28-20)24-13-16(2)27-17(3)14-24/h4-12,16-17H,13-14H2,1-3H3. The molecule has 0 aliphatic carbocycles. The lowest BCUT2D eigenvalue weighted by Crippen LogP contribution is -2.45. The van der Waals surface area contributed by atoms with E-state index in [1.165, 1.54) is 0 Å². The third kappa shape index (κ3) is 3.80. The zero-order valence-corrected chi connectivity index (χ0v) is 17.5. The Kier molecular flexibility index (Phi) is 5.19. The minimum absolute atomic E-state index is 0.0435. The van der Waals surface area contributed by atoms with Crippen LogP contribution in [0.2, 0.25) is 0 Å². The van der Waals surface area contributed by atoms with Crippen LogP contribution in [-0.2, 0) is 14.6 Å². The number of aryl methyl sites for hydroxylation is 1. The van der Waals surface area contributed by atoms with E-state index in [-0.39, 0.29) is 28.0 Å². The van der Waals surface area contributed by atoms with Crippen molar-refractivity contribution in [2.24, 2.45) is 0 Å². The van der Waals surface area contributed by atoms with Gasteiger partial charge in [0.2, 0.25) is 26.6 Å². The monoisotopic (exact) mass is 412 g/mol. The molecule has 4 rings (SSSR count). The van der Waals surface area contributed by atoms with Gasteiger partial charge in [-0.05, 0) is 44.5 Å². The third-order valence-corrected chi connectivity index (χ3v) is 6.64. The average molecular weight is 413 g/mol. The van der Waals surface area contributed by atoms with E-state index in [0.717, 1.165) is 11.1 Å². The Bertz CT molecular complexity index is 1100. The van der Waals surface area contributed by atoms with Gasteiger partial charge in [0.15, 0.2) is 0 Å². The van der Waals surface area contributed by atoms with Crippen LogP contribution in [0.25, 0.3) is 11.5 Å². The number of nitrogens with zero attached hydrogens (tertiary/aromatic N) is 2. The van der Waals surface area contributed by atoms with Crippen molar-refractivity contribution in [2.45, 2.75) is 42.9 Å². The molecule has 29 heavy (non-hydrogen) atoms.